The Balaban J connectivity index is 1.33. The van der Waals surface area contributed by atoms with E-state index in [0.717, 1.165) is 11.1 Å². The molecule has 1 aromatic heterocycles. The normalized spacial score (nSPS) is 14.8. The van der Waals surface area contributed by atoms with Crippen LogP contribution >= 0.6 is 0 Å². The maximum Gasteiger partial charge on any atom is 0.253 e. The predicted molar refractivity (Wildman–Crippen MR) is 107 cm³/mol. The molecule has 0 unspecified atom stereocenters. The van der Waals surface area contributed by atoms with Gasteiger partial charge in [-0.25, -0.2) is 0 Å². The standard InChI is InChI=1S/C23H22N2O3/c26-21(22-7-4-16-28-22)17-24-12-14-25(15-13-24)23(27)20-10-8-19(9-11-20)18-5-2-1-3-6-18/h1-11,16H,12-15,17H2. The Morgan fingerprint density at radius 2 is 1.46 bits per heavy atom. The van der Waals surface area contributed by atoms with Gasteiger partial charge in [-0.1, -0.05) is 42.5 Å². The zero-order valence-electron chi connectivity index (χ0n) is 15.6. The fourth-order valence-corrected chi connectivity index (χ4v) is 3.45. The first kappa shape index (κ1) is 18.2. The van der Waals surface area contributed by atoms with E-state index in [2.05, 4.69) is 17.0 Å². The Morgan fingerprint density at radius 1 is 0.786 bits per heavy atom. The van der Waals surface area contributed by atoms with E-state index >= 15 is 0 Å². The van der Waals surface area contributed by atoms with Crippen LogP contribution in [-0.4, -0.2) is 54.2 Å². The van der Waals surface area contributed by atoms with Gasteiger partial charge in [0.05, 0.1) is 12.8 Å². The Bertz CT molecular complexity index is 926. The van der Waals surface area contributed by atoms with Gasteiger partial charge in [0.1, 0.15) is 0 Å². The molecular formula is C23H22N2O3. The van der Waals surface area contributed by atoms with Gasteiger partial charge in [-0.15, -0.1) is 0 Å². The van der Waals surface area contributed by atoms with Crippen LogP contribution in [0.15, 0.2) is 77.4 Å². The molecule has 0 spiro atoms. The van der Waals surface area contributed by atoms with E-state index in [1.54, 1.807) is 12.1 Å². The highest BCUT2D eigenvalue weighted by atomic mass is 16.3. The van der Waals surface area contributed by atoms with E-state index in [4.69, 9.17) is 4.42 Å². The second kappa shape index (κ2) is 8.23. The minimum Gasteiger partial charge on any atom is -0.461 e. The summed E-state index contributed by atoms with van der Waals surface area (Å²) in [7, 11) is 0. The fourth-order valence-electron chi connectivity index (χ4n) is 3.45. The Labute approximate surface area is 164 Å². The lowest BCUT2D eigenvalue weighted by Crippen LogP contribution is -2.49. The number of benzene rings is 2. The van der Waals surface area contributed by atoms with E-state index in [9.17, 15) is 9.59 Å². The summed E-state index contributed by atoms with van der Waals surface area (Å²) in [6.07, 6.45) is 1.51. The lowest BCUT2D eigenvalue weighted by Gasteiger charge is -2.34. The number of ketones is 1. The molecule has 0 radical (unpaired) electrons. The Kier molecular flexibility index (Phi) is 5.35. The molecule has 2 aromatic carbocycles. The van der Waals surface area contributed by atoms with Crippen LogP contribution in [0.1, 0.15) is 20.9 Å². The third-order valence-corrected chi connectivity index (χ3v) is 5.06. The molecular weight excluding hydrogens is 352 g/mol. The molecule has 0 saturated carbocycles. The highest BCUT2D eigenvalue weighted by Gasteiger charge is 2.24. The first-order valence-electron chi connectivity index (χ1n) is 9.44. The van der Waals surface area contributed by atoms with Crippen LogP contribution < -0.4 is 0 Å². The van der Waals surface area contributed by atoms with Crippen molar-refractivity contribution in [2.45, 2.75) is 0 Å². The molecule has 142 valence electrons. The lowest BCUT2D eigenvalue weighted by molar-refractivity contribution is 0.0620. The molecule has 3 aromatic rings. The second-order valence-corrected chi connectivity index (χ2v) is 6.91. The smallest absolute Gasteiger partial charge is 0.253 e. The van der Waals surface area contributed by atoms with Crippen molar-refractivity contribution < 1.29 is 14.0 Å². The van der Waals surface area contributed by atoms with Gasteiger partial charge in [0, 0.05) is 31.7 Å². The van der Waals surface area contributed by atoms with Crippen LogP contribution in [0.3, 0.4) is 0 Å². The minimum atomic E-state index is -0.0266. The number of hydrogen-bond donors (Lipinski definition) is 0. The van der Waals surface area contributed by atoms with E-state index in [-0.39, 0.29) is 11.7 Å². The molecule has 4 rings (SSSR count). The van der Waals surface area contributed by atoms with E-state index in [1.807, 2.05) is 47.4 Å². The highest BCUT2D eigenvalue weighted by Crippen LogP contribution is 2.20. The zero-order valence-corrected chi connectivity index (χ0v) is 15.6. The summed E-state index contributed by atoms with van der Waals surface area (Å²) in [5, 5.41) is 0. The molecule has 0 bridgehead atoms. The van der Waals surface area contributed by atoms with Gasteiger partial charge in [0.15, 0.2) is 5.76 Å². The van der Waals surface area contributed by atoms with Crippen molar-refractivity contribution in [3.05, 3.63) is 84.3 Å². The van der Waals surface area contributed by atoms with Crippen LogP contribution in [0.4, 0.5) is 0 Å². The molecule has 1 aliphatic rings. The van der Waals surface area contributed by atoms with Crippen molar-refractivity contribution >= 4 is 11.7 Å². The summed E-state index contributed by atoms with van der Waals surface area (Å²) in [5.74, 6) is 0.398. The first-order chi connectivity index (χ1) is 13.7. The first-order valence-corrected chi connectivity index (χ1v) is 9.44. The molecule has 0 aliphatic carbocycles. The fraction of sp³-hybridized carbons (Fsp3) is 0.217. The predicted octanol–water partition coefficient (Wildman–Crippen LogP) is 3.59. The molecule has 0 N–H and O–H groups in total. The van der Waals surface area contributed by atoms with Crippen molar-refractivity contribution in [1.29, 1.82) is 0 Å². The summed E-state index contributed by atoms with van der Waals surface area (Å²) in [5.41, 5.74) is 2.93. The number of hydrogen-bond acceptors (Lipinski definition) is 4. The molecule has 5 heteroatoms. The summed E-state index contributed by atoms with van der Waals surface area (Å²) in [4.78, 5) is 28.8. The average Bonchev–Trinajstić information content (AvgIpc) is 3.30. The number of rotatable bonds is 5. The summed E-state index contributed by atoms with van der Waals surface area (Å²) < 4.78 is 5.15. The molecule has 1 aliphatic heterocycles. The molecule has 1 fully saturated rings. The number of Topliss-reactive ketones (excluding diaryl/α,β-unsaturated/α-hetero) is 1. The van der Waals surface area contributed by atoms with Gasteiger partial charge in [-0.05, 0) is 35.4 Å². The zero-order chi connectivity index (χ0) is 19.3. The van der Waals surface area contributed by atoms with E-state index in [0.29, 0.717) is 44.0 Å². The van der Waals surface area contributed by atoms with Crippen molar-refractivity contribution in [3.8, 4) is 11.1 Å². The van der Waals surface area contributed by atoms with E-state index in [1.165, 1.54) is 6.26 Å². The van der Waals surface area contributed by atoms with Crippen molar-refractivity contribution in [1.82, 2.24) is 9.80 Å². The summed E-state index contributed by atoms with van der Waals surface area (Å²) in [6.45, 7) is 2.91. The van der Waals surface area contributed by atoms with Crippen LogP contribution in [-0.2, 0) is 0 Å². The molecule has 5 nitrogen and oxygen atoms in total. The maximum atomic E-state index is 12.8. The van der Waals surface area contributed by atoms with Crippen LogP contribution in [0.2, 0.25) is 0 Å². The van der Waals surface area contributed by atoms with Crippen molar-refractivity contribution in [3.63, 3.8) is 0 Å². The third kappa shape index (κ3) is 4.05. The van der Waals surface area contributed by atoms with Crippen LogP contribution in [0, 0.1) is 0 Å². The van der Waals surface area contributed by atoms with Crippen LogP contribution in [0.25, 0.3) is 11.1 Å². The largest absolute Gasteiger partial charge is 0.461 e. The van der Waals surface area contributed by atoms with Gasteiger partial charge in [-0.3, -0.25) is 14.5 Å². The maximum absolute atomic E-state index is 12.8. The number of nitrogens with zero attached hydrogens (tertiary/aromatic N) is 2. The van der Waals surface area contributed by atoms with Gasteiger partial charge in [0.25, 0.3) is 5.91 Å². The van der Waals surface area contributed by atoms with E-state index < -0.39 is 0 Å². The average molecular weight is 374 g/mol. The van der Waals surface area contributed by atoms with Gasteiger partial charge >= 0.3 is 0 Å². The number of piperazine rings is 1. The quantitative estimate of drug-likeness (QED) is 0.641. The molecule has 1 amide bonds. The Morgan fingerprint density at radius 3 is 2.11 bits per heavy atom. The van der Waals surface area contributed by atoms with Gasteiger partial charge in [0.2, 0.25) is 5.78 Å². The molecule has 1 saturated heterocycles. The van der Waals surface area contributed by atoms with Gasteiger partial charge in [-0.2, -0.15) is 0 Å². The second-order valence-electron chi connectivity index (χ2n) is 6.91. The highest BCUT2D eigenvalue weighted by molar-refractivity contribution is 5.95. The molecule has 0 atom stereocenters. The molecule has 28 heavy (non-hydrogen) atoms. The van der Waals surface area contributed by atoms with Crippen LogP contribution in [0.5, 0.6) is 0 Å². The summed E-state index contributed by atoms with van der Waals surface area (Å²) >= 11 is 0. The SMILES string of the molecule is O=C(CN1CCN(C(=O)c2ccc(-c3ccccc3)cc2)CC1)c1ccco1. The lowest BCUT2D eigenvalue weighted by atomic mass is 10.0. The number of carbonyl (C=O) groups excluding carboxylic acids is 2. The number of amides is 1. The third-order valence-electron chi connectivity index (χ3n) is 5.06. The number of furan rings is 1. The summed E-state index contributed by atoms with van der Waals surface area (Å²) in [6, 6.07) is 21.3. The number of carbonyl (C=O) groups is 2. The van der Waals surface area contributed by atoms with Crippen molar-refractivity contribution in [2.24, 2.45) is 0 Å². The van der Waals surface area contributed by atoms with Gasteiger partial charge < -0.3 is 9.32 Å². The minimum absolute atomic E-state index is 0.0266. The Hall–Kier alpha value is -3.18. The monoisotopic (exact) mass is 374 g/mol. The topological polar surface area (TPSA) is 53.8 Å². The molecule has 2 heterocycles. The van der Waals surface area contributed by atoms with Crippen molar-refractivity contribution in [2.75, 3.05) is 32.7 Å².